The van der Waals surface area contributed by atoms with Crippen LogP contribution in [0.1, 0.15) is 24.4 Å². The van der Waals surface area contributed by atoms with Crippen LogP contribution in [0.25, 0.3) is 0 Å². The minimum Gasteiger partial charge on any atom is -0.497 e. The lowest BCUT2D eigenvalue weighted by atomic mass is 9.89. The van der Waals surface area contributed by atoms with E-state index in [0.29, 0.717) is 5.92 Å². The van der Waals surface area contributed by atoms with Gasteiger partial charge >= 0.3 is 0 Å². The average molecular weight is 251 g/mol. The molecule has 4 nitrogen and oxygen atoms in total. The largest absolute Gasteiger partial charge is 0.497 e. The number of hydrogen-bond acceptors (Lipinski definition) is 4. The zero-order chi connectivity index (χ0) is 13.0. The smallest absolute Gasteiger partial charge is 0.123 e. The van der Waals surface area contributed by atoms with E-state index in [1.54, 1.807) is 14.2 Å². The maximum atomic E-state index is 6.35. The molecule has 0 bridgehead atoms. The molecule has 1 heterocycles. The first-order valence-corrected chi connectivity index (χ1v) is 6.31. The highest BCUT2D eigenvalue weighted by Crippen LogP contribution is 2.34. The summed E-state index contributed by atoms with van der Waals surface area (Å²) in [5.74, 6) is 1.96. The molecule has 1 aliphatic heterocycles. The number of hydrogen-bond donors (Lipinski definition) is 1. The Labute approximate surface area is 108 Å². The first kappa shape index (κ1) is 13.2. The molecule has 1 fully saturated rings. The molecule has 0 amide bonds. The van der Waals surface area contributed by atoms with Gasteiger partial charge in [0.15, 0.2) is 0 Å². The predicted octanol–water partition coefficient (Wildman–Crippen LogP) is 2.13. The fourth-order valence-corrected chi connectivity index (χ4v) is 2.40. The van der Waals surface area contributed by atoms with Crippen molar-refractivity contribution in [1.29, 1.82) is 0 Å². The SMILES string of the molecule is COc1ccc(OC)c(C(N)C2CCCOC2)c1. The van der Waals surface area contributed by atoms with Crippen LogP contribution in [0.2, 0.25) is 0 Å². The second kappa shape index (κ2) is 6.07. The summed E-state index contributed by atoms with van der Waals surface area (Å²) in [5.41, 5.74) is 7.35. The van der Waals surface area contributed by atoms with Crippen molar-refractivity contribution in [3.05, 3.63) is 23.8 Å². The summed E-state index contributed by atoms with van der Waals surface area (Å²) in [5, 5.41) is 0. The summed E-state index contributed by atoms with van der Waals surface area (Å²) in [4.78, 5) is 0. The van der Waals surface area contributed by atoms with Crippen molar-refractivity contribution >= 4 is 0 Å². The highest BCUT2D eigenvalue weighted by Gasteiger charge is 2.25. The molecule has 4 heteroatoms. The second-order valence-corrected chi connectivity index (χ2v) is 4.61. The lowest BCUT2D eigenvalue weighted by Gasteiger charge is -2.28. The maximum Gasteiger partial charge on any atom is 0.123 e. The number of benzene rings is 1. The van der Waals surface area contributed by atoms with Gasteiger partial charge in [-0.2, -0.15) is 0 Å². The molecular formula is C14H21NO3. The van der Waals surface area contributed by atoms with Crippen LogP contribution in [0, 0.1) is 5.92 Å². The minimum atomic E-state index is -0.0738. The van der Waals surface area contributed by atoms with Crippen LogP contribution in [0.5, 0.6) is 11.5 Å². The van der Waals surface area contributed by atoms with Gasteiger partial charge in [-0.3, -0.25) is 0 Å². The van der Waals surface area contributed by atoms with Crippen molar-refractivity contribution < 1.29 is 14.2 Å². The highest BCUT2D eigenvalue weighted by molar-refractivity contribution is 5.42. The Morgan fingerprint density at radius 1 is 1.33 bits per heavy atom. The van der Waals surface area contributed by atoms with Crippen LogP contribution in [0.15, 0.2) is 18.2 Å². The third-order valence-electron chi connectivity index (χ3n) is 3.50. The van der Waals surface area contributed by atoms with E-state index in [0.717, 1.165) is 43.1 Å². The summed E-state index contributed by atoms with van der Waals surface area (Å²) in [6.45, 7) is 1.57. The van der Waals surface area contributed by atoms with E-state index in [4.69, 9.17) is 19.9 Å². The second-order valence-electron chi connectivity index (χ2n) is 4.61. The molecule has 1 saturated heterocycles. The molecule has 1 aromatic rings. The van der Waals surface area contributed by atoms with Gasteiger partial charge in [-0.15, -0.1) is 0 Å². The molecular weight excluding hydrogens is 230 g/mol. The maximum absolute atomic E-state index is 6.35. The quantitative estimate of drug-likeness (QED) is 0.890. The summed E-state index contributed by atoms with van der Waals surface area (Å²) >= 11 is 0. The molecule has 2 rings (SSSR count). The van der Waals surface area contributed by atoms with E-state index in [1.807, 2.05) is 18.2 Å². The summed E-state index contributed by atoms with van der Waals surface area (Å²) < 4.78 is 16.1. The van der Waals surface area contributed by atoms with Crippen LogP contribution >= 0.6 is 0 Å². The molecule has 0 aromatic heterocycles. The van der Waals surface area contributed by atoms with Crippen molar-refractivity contribution in [1.82, 2.24) is 0 Å². The van der Waals surface area contributed by atoms with E-state index >= 15 is 0 Å². The molecule has 1 aliphatic rings. The van der Waals surface area contributed by atoms with Crippen molar-refractivity contribution in [2.45, 2.75) is 18.9 Å². The van der Waals surface area contributed by atoms with Crippen molar-refractivity contribution in [2.75, 3.05) is 27.4 Å². The van der Waals surface area contributed by atoms with Crippen LogP contribution in [-0.4, -0.2) is 27.4 Å². The number of ether oxygens (including phenoxy) is 3. The Bertz CT molecular complexity index is 389. The number of nitrogens with two attached hydrogens (primary N) is 1. The van der Waals surface area contributed by atoms with E-state index in [-0.39, 0.29) is 6.04 Å². The number of rotatable bonds is 4. The van der Waals surface area contributed by atoms with Gasteiger partial charge in [0.05, 0.1) is 20.8 Å². The molecule has 2 atom stereocenters. The van der Waals surface area contributed by atoms with Gasteiger partial charge in [0.2, 0.25) is 0 Å². The zero-order valence-corrected chi connectivity index (χ0v) is 11.0. The van der Waals surface area contributed by atoms with Gasteiger partial charge in [-0.25, -0.2) is 0 Å². The van der Waals surface area contributed by atoms with E-state index < -0.39 is 0 Å². The van der Waals surface area contributed by atoms with Crippen molar-refractivity contribution in [3.63, 3.8) is 0 Å². The first-order chi connectivity index (χ1) is 8.76. The van der Waals surface area contributed by atoms with E-state index in [9.17, 15) is 0 Å². The standard InChI is InChI=1S/C14H21NO3/c1-16-11-5-6-13(17-2)12(8-11)14(15)10-4-3-7-18-9-10/h5-6,8,10,14H,3-4,7,9,15H2,1-2H3. The van der Waals surface area contributed by atoms with Crippen LogP contribution in [0.3, 0.4) is 0 Å². The van der Waals surface area contributed by atoms with Crippen LogP contribution in [-0.2, 0) is 4.74 Å². The first-order valence-electron chi connectivity index (χ1n) is 6.31. The Balaban J connectivity index is 2.23. The fraction of sp³-hybridized carbons (Fsp3) is 0.571. The molecule has 0 radical (unpaired) electrons. The van der Waals surface area contributed by atoms with Gasteiger partial charge in [0.25, 0.3) is 0 Å². The van der Waals surface area contributed by atoms with E-state index in [2.05, 4.69) is 0 Å². The molecule has 0 spiro atoms. The van der Waals surface area contributed by atoms with Crippen LogP contribution in [0.4, 0.5) is 0 Å². The Hall–Kier alpha value is -1.26. The summed E-state index contributed by atoms with van der Waals surface area (Å²) in [7, 11) is 3.32. The highest BCUT2D eigenvalue weighted by atomic mass is 16.5. The minimum absolute atomic E-state index is 0.0738. The predicted molar refractivity (Wildman–Crippen MR) is 70.0 cm³/mol. The molecule has 2 unspecified atom stereocenters. The lowest BCUT2D eigenvalue weighted by Crippen LogP contribution is -2.29. The van der Waals surface area contributed by atoms with Gasteiger partial charge < -0.3 is 19.9 Å². The Kier molecular flexibility index (Phi) is 4.44. The van der Waals surface area contributed by atoms with Crippen LogP contribution < -0.4 is 15.2 Å². The summed E-state index contributed by atoms with van der Waals surface area (Å²) in [6.07, 6.45) is 2.17. The zero-order valence-electron chi connectivity index (χ0n) is 11.0. The molecule has 1 aromatic carbocycles. The van der Waals surface area contributed by atoms with Gasteiger partial charge in [-0.1, -0.05) is 0 Å². The summed E-state index contributed by atoms with van der Waals surface area (Å²) in [6, 6.07) is 5.66. The lowest BCUT2D eigenvalue weighted by molar-refractivity contribution is 0.0444. The molecule has 0 saturated carbocycles. The van der Waals surface area contributed by atoms with Crippen molar-refractivity contribution in [2.24, 2.45) is 11.7 Å². The Morgan fingerprint density at radius 2 is 2.17 bits per heavy atom. The molecule has 2 N–H and O–H groups in total. The monoisotopic (exact) mass is 251 g/mol. The van der Waals surface area contributed by atoms with Gasteiger partial charge in [-0.05, 0) is 31.0 Å². The van der Waals surface area contributed by atoms with Crippen molar-refractivity contribution in [3.8, 4) is 11.5 Å². The topological polar surface area (TPSA) is 53.7 Å². The Morgan fingerprint density at radius 3 is 2.78 bits per heavy atom. The number of methoxy groups -OCH3 is 2. The third-order valence-corrected chi connectivity index (χ3v) is 3.50. The van der Waals surface area contributed by atoms with Gasteiger partial charge in [0, 0.05) is 24.1 Å². The molecule has 18 heavy (non-hydrogen) atoms. The third kappa shape index (κ3) is 2.76. The molecule has 100 valence electrons. The normalized spacial score (nSPS) is 21.4. The average Bonchev–Trinajstić information content (AvgIpc) is 2.46. The molecule has 0 aliphatic carbocycles. The van der Waals surface area contributed by atoms with Gasteiger partial charge in [0.1, 0.15) is 11.5 Å². The fourth-order valence-electron chi connectivity index (χ4n) is 2.40. The van der Waals surface area contributed by atoms with E-state index in [1.165, 1.54) is 0 Å².